The van der Waals surface area contributed by atoms with Crippen LogP contribution in [0.15, 0.2) is 48.7 Å². The molecule has 2 atom stereocenters. The molecule has 5 nitrogen and oxygen atoms in total. The third kappa shape index (κ3) is 5.77. The first kappa shape index (κ1) is 20.8. The molecule has 28 heavy (non-hydrogen) atoms. The highest BCUT2D eigenvalue weighted by Gasteiger charge is 2.39. The van der Waals surface area contributed by atoms with Gasteiger partial charge in [0.05, 0.1) is 12.3 Å². The van der Waals surface area contributed by atoms with Gasteiger partial charge in [-0.25, -0.2) is 0 Å². The standard InChI is InChI=1S/C23H33N3O2/c1-18(2)16-28-21-9-6-7-19(13-21)15-26-12-10-23(3,17-26)22(27)25-14-20-8-4-5-11-24-20/h4-9,11,13,18,22,25,27H,10,12,14-17H2,1-3H3. The number of aliphatic hydroxyl groups is 1. The van der Waals surface area contributed by atoms with Crippen LogP contribution >= 0.6 is 0 Å². The minimum atomic E-state index is -0.555. The zero-order valence-corrected chi connectivity index (χ0v) is 17.3. The van der Waals surface area contributed by atoms with Crippen molar-refractivity contribution in [2.45, 2.75) is 46.5 Å². The largest absolute Gasteiger partial charge is 0.493 e. The van der Waals surface area contributed by atoms with Crippen molar-refractivity contribution in [2.24, 2.45) is 11.3 Å². The van der Waals surface area contributed by atoms with Crippen molar-refractivity contribution in [3.05, 3.63) is 59.9 Å². The molecule has 2 N–H and O–H groups in total. The van der Waals surface area contributed by atoms with Crippen LogP contribution in [0.3, 0.4) is 0 Å². The Bertz CT molecular complexity index is 738. The zero-order valence-electron chi connectivity index (χ0n) is 17.3. The lowest BCUT2D eigenvalue weighted by atomic mass is 9.87. The summed E-state index contributed by atoms with van der Waals surface area (Å²) in [5.74, 6) is 1.45. The molecule has 0 aliphatic carbocycles. The summed E-state index contributed by atoms with van der Waals surface area (Å²) in [5, 5.41) is 14.0. The Hall–Kier alpha value is -1.95. The van der Waals surface area contributed by atoms with Gasteiger partial charge in [-0.3, -0.25) is 15.2 Å². The molecule has 0 saturated carbocycles. The lowest BCUT2D eigenvalue weighted by Gasteiger charge is -2.31. The van der Waals surface area contributed by atoms with Gasteiger partial charge in [-0.15, -0.1) is 0 Å². The van der Waals surface area contributed by atoms with E-state index in [1.165, 1.54) is 5.56 Å². The number of likely N-dealkylation sites (tertiary alicyclic amines) is 1. The number of hydrogen-bond acceptors (Lipinski definition) is 5. The summed E-state index contributed by atoms with van der Waals surface area (Å²) >= 11 is 0. The van der Waals surface area contributed by atoms with Gasteiger partial charge >= 0.3 is 0 Å². The molecule has 2 unspecified atom stereocenters. The predicted octanol–water partition coefficient (Wildman–Crippen LogP) is 3.44. The van der Waals surface area contributed by atoms with E-state index in [1.54, 1.807) is 6.20 Å². The van der Waals surface area contributed by atoms with Crippen molar-refractivity contribution in [3.63, 3.8) is 0 Å². The lowest BCUT2D eigenvalue weighted by Crippen LogP contribution is -2.45. The fourth-order valence-electron chi connectivity index (χ4n) is 3.65. The Morgan fingerprint density at radius 3 is 2.86 bits per heavy atom. The second-order valence-corrected chi connectivity index (χ2v) is 8.57. The molecule has 0 spiro atoms. The first-order chi connectivity index (χ1) is 13.4. The van der Waals surface area contributed by atoms with E-state index < -0.39 is 6.23 Å². The number of rotatable bonds is 9. The third-order valence-electron chi connectivity index (χ3n) is 5.33. The highest BCUT2D eigenvalue weighted by molar-refractivity contribution is 5.28. The number of benzene rings is 1. The van der Waals surface area contributed by atoms with E-state index in [2.05, 4.69) is 54.2 Å². The first-order valence-electron chi connectivity index (χ1n) is 10.2. The fraction of sp³-hybridized carbons (Fsp3) is 0.522. The van der Waals surface area contributed by atoms with Crippen LogP contribution in [-0.2, 0) is 13.1 Å². The van der Waals surface area contributed by atoms with Crippen molar-refractivity contribution in [3.8, 4) is 5.75 Å². The second-order valence-electron chi connectivity index (χ2n) is 8.57. The maximum absolute atomic E-state index is 10.7. The number of nitrogens with zero attached hydrogens (tertiary/aromatic N) is 2. The van der Waals surface area contributed by atoms with Gasteiger partial charge < -0.3 is 9.84 Å². The van der Waals surface area contributed by atoms with E-state index in [4.69, 9.17) is 4.74 Å². The summed E-state index contributed by atoms with van der Waals surface area (Å²) in [4.78, 5) is 6.72. The summed E-state index contributed by atoms with van der Waals surface area (Å²) in [7, 11) is 0. The van der Waals surface area contributed by atoms with E-state index >= 15 is 0 Å². The number of nitrogens with one attached hydrogen (secondary N) is 1. The van der Waals surface area contributed by atoms with Crippen LogP contribution in [0.2, 0.25) is 0 Å². The average Bonchev–Trinajstić information content (AvgIpc) is 3.07. The molecular formula is C23H33N3O2. The van der Waals surface area contributed by atoms with Gasteiger partial charge in [0.2, 0.25) is 0 Å². The highest BCUT2D eigenvalue weighted by atomic mass is 16.5. The minimum Gasteiger partial charge on any atom is -0.493 e. The van der Waals surface area contributed by atoms with Gasteiger partial charge in [0, 0.05) is 31.2 Å². The number of pyridine rings is 1. The quantitative estimate of drug-likeness (QED) is 0.650. The molecule has 1 saturated heterocycles. The van der Waals surface area contributed by atoms with E-state index in [9.17, 15) is 5.11 Å². The van der Waals surface area contributed by atoms with Crippen LogP contribution < -0.4 is 10.1 Å². The monoisotopic (exact) mass is 383 g/mol. The van der Waals surface area contributed by atoms with Gasteiger partial charge in [0.25, 0.3) is 0 Å². The van der Waals surface area contributed by atoms with E-state index in [0.29, 0.717) is 12.5 Å². The molecule has 0 bridgehead atoms. The normalized spacial score (nSPS) is 21.2. The third-order valence-corrected chi connectivity index (χ3v) is 5.33. The molecule has 1 fully saturated rings. The lowest BCUT2D eigenvalue weighted by molar-refractivity contribution is 0.0136. The summed E-state index contributed by atoms with van der Waals surface area (Å²) in [6.45, 7) is 10.5. The summed E-state index contributed by atoms with van der Waals surface area (Å²) < 4.78 is 5.85. The Labute approximate surface area is 168 Å². The topological polar surface area (TPSA) is 57.6 Å². The van der Waals surface area contributed by atoms with Crippen LogP contribution in [0.25, 0.3) is 0 Å². The van der Waals surface area contributed by atoms with Crippen molar-refractivity contribution in [2.75, 3.05) is 19.7 Å². The molecule has 0 amide bonds. The summed E-state index contributed by atoms with van der Waals surface area (Å²) in [5.41, 5.74) is 2.03. The van der Waals surface area contributed by atoms with Crippen LogP contribution in [0.5, 0.6) is 5.75 Å². The Morgan fingerprint density at radius 1 is 1.25 bits per heavy atom. The smallest absolute Gasteiger partial charge is 0.119 e. The van der Waals surface area contributed by atoms with E-state index in [0.717, 1.165) is 44.1 Å². The molecular weight excluding hydrogens is 350 g/mol. The van der Waals surface area contributed by atoms with Gasteiger partial charge in [0.15, 0.2) is 0 Å². The fourth-order valence-corrected chi connectivity index (χ4v) is 3.65. The minimum absolute atomic E-state index is 0.166. The van der Waals surface area contributed by atoms with Gasteiger partial charge in [-0.1, -0.05) is 39.0 Å². The zero-order chi connectivity index (χ0) is 20.0. The predicted molar refractivity (Wildman–Crippen MR) is 112 cm³/mol. The molecule has 1 aliphatic heterocycles. The summed E-state index contributed by atoms with van der Waals surface area (Å²) in [6.07, 6.45) is 2.19. The molecule has 1 aliphatic rings. The Morgan fingerprint density at radius 2 is 2.11 bits per heavy atom. The van der Waals surface area contributed by atoms with Crippen molar-refractivity contribution in [1.29, 1.82) is 0 Å². The van der Waals surface area contributed by atoms with Crippen molar-refractivity contribution < 1.29 is 9.84 Å². The van der Waals surface area contributed by atoms with Crippen LogP contribution in [0.1, 0.15) is 38.4 Å². The number of hydrogen-bond donors (Lipinski definition) is 2. The maximum Gasteiger partial charge on any atom is 0.119 e. The first-order valence-corrected chi connectivity index (χ1v) is 10.2. The molecule has 1 aromatic carbocycles. The molecule has 5 heteroatoms. The van der Waals surface area contributed by atoms with Crippen LogP contribution in [-0.4, -0.2) is 40.9 Å². The number of aromatic nitrogens is 1. The van der Waals surface area contributed by atoms with Crippen LogP contribution in [0, 0.1) is 11.3 Å². The molecule has 3 rings (SSSR count). The van der Waals surface area contributed by atoms with E-state index in [-0.39, 0.29) is 5.41 Å². The molecule has 2 heterocycles. The van der Waals surface area contributed by atoms with E-state index in [1.807, 2.05) is 24.3 Å². The SMILES string of the molecule is CC(C)COc1cccc(CN2CCC(C)(C(O)NCc3ccccn3)C2)c1. The molecule has 0 radical (unpaired) electrons. The highest BCUT2D eigenvalue weighted by Crippen LogP contribution is 2.33. The summed E-state index contributed by atoms with van der Waals surface area (Å²) in [6, 6.07) is 14.2. The maximum atomic E-state index is 10.7. The second kappa shape index (κ2) is 9.50. The van der Waals surface area contributed by atoms with Gasteiger partial charge in [-0.2, -0.15) is 0 Å². The Balaban J connectivity index is 1.52. The average molecular weight is 384 g/mol. The number of ether oxygens (including phenoxy) is 1. The molecule has 2 aromatic rings. The van der Waals surface area contributed by atoms with Crippen molar-refractivity contribution >= 4 is 0 Å². The van der Waals surface area contributed by atoms with Gasteiger partial charge in [-0.05, 0) is 48.7 Å². The number of aliphatic hydroxyl groups excluding tert-OH is 1. The Kier molecular flexibility index (Phi) is 7.05. The molecule has 152 valence electrons. The van der Waals surface area contributed by atoms with Gasteiger partial charge in [0.1, 0.15) is 12.0 Å². The molecule has 1 aromatic heterocycles. The van der Waals surface area contributed by atoms with Crippen LogP contribution in [0.4, 0.5) is 0 Å². The van der Waals surface area contributed by atoms with Crippen molar-refractivity contribution in [1.82, 2.24) is 15.2 Å².